The number of benzene rings is 2. The molecule has 8 heteroatoms. The number of rotatable bonds is 7. The second kappa shape index (κ2) is 10.7. The predicted octanol–water partition coefficient (Wildman–Crippen LogP) is 3.13. The molecule has 2 heterocycles. The summed E-state index contributed by atoms with van der Waals surface area (Å²) in [6.07, 6.45) is 4.57. The van der Waals surface area contributed by atoms with Crippen LogP contribution in [0.3, 0.4) is 0 Å². The van der Waals surface area contributed by atoms with E-state index < -0.39 is 0 Å². The van der Waals surface area contributed by atoms with Gasteiger partial charge in [-0.25, -0.2) is 9.97 Å². The third kappa shape index (κ3) is 5.93. The van der Waals surface area contributed by atoms with Gasteiger partial charge in [-0.3, -0.25) is 14.5 Å². The van der Waals surface area contributed by atoms with Gasteiger partial charge in [-0.05, 0) is 42.7 Å². The largest absolute Gasteiger partial charge is 0.497 e. The highest BCUT2D eigenvalue weighted by molar-refractivity contribution is 6.07. The van der Waals surface area contributed by atoms with E-state index in [0.29, 0.717) is 5.56 Å². The molecule has 0 spiro atoms. The van der Waals surface area contributed by atoms with E-state index in [1.165, 1.54) is 18.0 Å². The van der Waals surface area contributed by atoms with Gasteiger partial charge in [-0.2, -0.15) is 0 Å². The van der Waals surface area contributed by atoms with Gasteiger partial charge in [0, 0.05) is 43.6 Å². The third-order valence-corrected chi connectivity index (χ3v) is 5.64. The third-order valence-electron chi connectivity index (χ3n) is 5.64. The number of ether oxygens (including phenoxy) is 1. The van der Waals surface area contributed by atoms with Gasteiger partial charge < -0.3 is 15.4 Å². The van der Waals surface area contributed by atoms with E-state index in [2.05, 4.69) is 31.6 Å². The molecule has 0 radical (unpaired) electrons. The topological polar surface area (TPSA) is 96.4 Å². The number of anilines is 1. The summed E-state index contributed by atoms with van der Waals surface area (Å²) in [4.78, 5) is 36.1. The molecule has 1 fully saturated rings. The lowest BCUT2D eigenvalue weighted by Gasteiger charge is -2.32. The molecular formula is C25H27N5O3. The molecule has 170 valence electrons. The molecular weight excluding hydrogens is 418 g/mol. The summed E-state index contributed by atoms with van der Waals surface area (Å²) in [5.74, 6) is 0.335. The monoisotopic (exact) mass is 445 g/mol. The number of likely N-dealkylation sites (tertiary alicyclic amines) is 1. The Labute approximate surface area is 193 Å². The fourth-order valence-corrected chi connectivity index (χ4v) is 3.88. The van der Waals surface area contributed by atoms with Crippen LogP contribution < -0.4 is 15.4 Å². The lowest BCUT2D eigenvalue weighted by molar-refractivity contribution is 0.0904. The normalized spacial score (nSPS) is 14.5. The molecule has 0 unspecified atom stereocenters. The molecule has 2 aromatic carbocycles. The van der Waals surface area contributed by atoms with Crippen LogP contribution >= 0.6 is 0 Å². The van der Waals surface area contributed by atoms with Crippen LogP contribution in [0.1, 0.15) is 39.3 Å². The van der Waals surface area contributed by atoms with Crippen molar-refractivity contribution in [3.05, 3.63) is 83.8 Å². The second-order valence-electron chi connectivity index (χ2n) is 7.95. The maximum atomic E-state index is 12.9. The predicted molar refractivity (Wildman–Crippen MR) is 125 cm³/mol. The molecule has 4 rings (SSSR count). The number of methoxy groups -OCH3 is 1. The maximum absolute atomic E-state index is 12.9. The van der Waals surface area contributed by atoms with Crippen LogP contribution in [-0.2, 0) is 6.54 Å². The smallest absolute Gasteiger partial charge is 0.273 e. The Bertz CT molecular complexity index is 1100. The summed E-state index contributed by atoms with van der Waals surface area (Å²) >= 11 is 0. The average molecular weight is 446 g/mol. The van der Waals surface area contributed by atoms with Crippen molar-refractivity contribution < 1.29 is 14.3 Å². The van der Waals surface area contributed by atoms with Gasteiger partial charge in [0.2, 0.25) is 0 Å². The number of hydrogen-bond donors (Lipinski definition) is 2. The summed E-state index contributed by atoms with van der Waals surface area (Å²) in [5.41, 5.74) is 1.80. The Morgan fingerprint density at radius 3 is 2.52 bits per heavy atom. The molecule has 3 aromatic rings. The second-order valence-corrected chi connectivity index (χ2v) is 7.95. The van der Waals surface area contributed by atoms with Crippen molar-refractivity contribution in [1.29, 1.82) is 0 Å². The van der Waals surface area contributed by atoms with Gasteiger partial charge in [0.25, 0.3) is 11.8 Å². The summed E-state index contributed by atoms with van der Waals surface area (Å²) in [6.45, 7) is 2.60. The highest BCUT2D eigenvalue weighted by Gasteiger charge is 2.24. The molecule has 1 saturated heterocycles. The van der Waals surface area contributed by atoms with E-state index in [0.717, 1.165) is 38.2 Å². The zero-order valence-corrected chi connectivity index (χ0v) is 18.5. The number of carbonyl (C=O) groups excluding carboxylic acids is 2. The minimum Gasteiger partial charge on any atom is -0.497 e. The molecule has 1 aliphatic heterocycles. The SMILES string of the molecule is COc1cccc(CN2CCC(NC(=O)c3nccnc3NC(=O)c3ccccc3)CC2)c1. The van der Waals surface area contributed by atoms with E-state index in [9.17, 15) is 9.59 Å². The van der Waals surface area contributed by atoms with E-state index >= 15 is 0 Å². The average Bonchev–Trinajstić information content (AvgIpc) is 2.86. The van der Waals surface area contributed by atoms with Gasteiger partial charge in [0.1, 0.15) is 5.75 Å². The lowest BCUT2D eigenvalue weighted by Crippen LogP contribution is -2.44. The van der Waals surface area contributed by atoms with Crippen LogP contribution in [0.4, 0.5) is 5.82 Å². The highest BCUT2D eigenvalue weighted by atomic mass is 16.5. The van der Waals surface area contributed by atoms with Crippen LogP contribution in [0.2, 0.25) is 0 Å². The van der Waals surface area contributed by atoms with Gasteiger partial charge in [0.15, 0.2) is 11.5 Å². The quantitative estimate of drug-likeness (QED) is 0.580. The van der Waals surface area contributed by atoms with Crippen molar-refractivity contribution in [3.8, 4) is 5.75 Å². The number of amides is 2. The maximum Gasteiger partial charge on any atom is 0.273 e. The number of aromatic nitrogens is 2. The van der Waals surface area contributed by atoms with Crippen LogP contribution in [0.15, 0.2) is 67.0 Å². The van der Waals surface area contributed by atoms with Crippen molar-refractivity contribution >= 4 is 17.6 Å². The number of piperidine rings is 1. The zero-order chi connectivity index (χ0) is 23.0. The Morgan fingerprint density at radius 1 is 1.00 bits per heavy atom. The Kier molecular flexibility index (Phi) is 7.26. The van der Waals surface area contributed by atoms with Crippen molar-refractivity contribution in [2.75, 3.05) is 25.5 Å². The van der Waals surface area contributed by atoms with E-state index in [1.54, 1.807) is 31.4 Å². The zero-order valence-electron chi connectivity index (χ0n) is 18.5. The van der Waals surface area contributed by atoms with Gasteiger partial charge >= 0.3 is 0 Å². The van der Waals surface area contributed by atoms with Gasteiger partial charge in [-0.1, -0.05) is 30.3 Å². The van der Waals surface area contributed by atoms with E-state index in [-0.39, 0.29) is 29.4 Å². The summed E-state index contributed by atoms with van der Waals surface area (Å²) < 4.78 is 5.30. The Balaban J connectivity index is 1.32. The van der Waals surface area contributed by atoms with Crippen molar-refractivity contribution in [2.24, 2.45) is 0 Å². The molecule has 0 aliphatic carbocycles. The van der Waals surface area contributed by atoms with Crippen LogP contribution in [0.25, 0.3) is 0 Å². The molecule has 0 saturated carbocycles. The minimum atomic E-state index is -0.337. The standard InChI is InChI=1S/C25H27N5O3/c1-33-21-9-5-6-18(16-21)17-30-14-10-20(11-15-30)28-25(32)22-23(27-13-12-26-22)29-24(31)19-7-3-2-4-8-19/h2-9,12-13,16,20H,10-11,14-15,17H2,1H3,(H,28,32)(H,27,29,31). The first-order valence-electron chi connectivity index (χ1n) is 11.0. The molecule has 1 aliphatic rings. The molecule has 2 N–H and O–H groups in total. The summed E-state index contributed by atoms with van der Waals surface area (Å²) in [7, 11) is 1.67. The minimum absolute atomic E-state index is 0.0405. The van der Waals surface area contributed by atoms with Crippen molar-refractivity contribution in [2.45, 2.75) is 25.4 Å². The van der Waals surface area contributed by atoms with E-state index in [4.69, 9.17) is 4.74 Å². The first-order chi connectivity index (χ1) is 16.1. The number of nitrogens with one attached hydrogen (secondary N) is 2. The van der Waals surface area contributed by atoms with Gasteiger partial charge in [0.05, 0.1) is 7.11 Å². The first-order valence-corrected chi connectivity index (χ1v) is 11.0. The van der Waals surface area contributed by atoms with Crippen molar-refractivity contribution in [1.82, 2.24) is 20.2 Å². The summed E-state index contributed by atoms with van der Waals surface area (Å²) in [6, 6.07) is 16.9. The van der Waals surface area contributed by atoms with Gasteiger partial charge in [-0.15, -0.1) is 0 Å². The fourth-order valence-electron chi connectivity index (χ4n) is 3.88. The fraction of sp³-hybridized carbons (Fsp3) is 0.280. The number of nitrogens with zero attached hydrogens (tertiary/aromatic N) is 3. The lowest BCUT2D eigenvalue weighted by atomic mass is 10.0. The summed E-state index contributed by atoms with van der Waals surface area (Å²) in [5, 5.41) is 5.75. The first kappa shape index (κ1) is 22.4. The molecule has 2 amide bonds. The van der Waals surface area contributed by atoms with Crippen LogP contribution in [-0.4, -0.2) is 52.9 Å². The number of hydrogen-bond acceptors (Lipinski definition) is 6. The van der Waals surface area contributed by atoms with Crippen LogP contribution in [0.5, 0.6) is 5.75 Å². The molecule has 8 nitrogen and oxygen atoms in total. The molecule has 0 bridgehead atoms. The highest BCUT2D eigenvalue weighted by Crippen LogP contribution is 2.18. The number of carbonyl (C=O) groups is 2. The Morgan fingerprint density at radius 2 is 1.76 bits per heavy atom. The molecule has 1 aromatic heterocycles. The molecule has 0 atom stereocenters. The van der Waals surface area contributed by atoms with Crippen molar-refractivity contribution in [3.63, 3.8) is 0 Å². The van der Waals surface area contributed by atoms with Crippen LogP contribution in [0, 0.1) is 0 Å². The molecule has 33 heavy (non-hydrogen) atoms. The van der Waals surface area contributed by atoms with E-state index in [1.807, 2.05) is 24.3 Å². The Hall–Kier alpha value is -3.78.